The summed E-state index contributed by atoms with van der Waals surface area (Å²) in [4.78, 5) is 13.0. The fourth-order valence-electron chi connectivity index (χ4n) is 3.00. The summed E-state index contributed by atoms with van der Waals surface area (Å²) in [6.07, 6.45) is -1.49. The van der Waals surface area contributed by atoms with Crippen molar-refractivity contribution in [2.45, 2.75) is 30.4 Å². The highest BCUT2D eigenvalue weighted by Gasteiger charge is 2.44. The van der Waals surface area contributed by atoms with Crippen molar-refractivity contribution in [2.75, 3.05) is 0 Å². The van der Waals surface area contributed by atoms with Crippen molar-refractivity contribution in [2.24, 2.45) is 0 Å². The van der Waals surface area contributed by atoms with E-state index in [0.29, 0.717) is 10.6 Å². The summed E-state index contributed by atoms with van der Waals surface area (Å²) < 4.78 is 31.3. The van der Waals surface area contributed by atoms with Crippen LogP contribution in [0.15, 0.2) is 83.8 Å². The molecule has 7 heteroatoms. The Balaban J connectivity index is 2.05. The van der Waals surface area contributed by atoms with Crippen LogP contribution in [0.5, 0.6) is 0 Å². The number of rotatable bonds is 7. The molecule has 0 saturated heterocycles. The van der Waals surface area contributed by atoms with Crippen molar-refractivity contribution < 1.29 is 22.5 Å². The first-order valence-corrected chi connectivity index (χ1v) is 11.0. The molecule has 0 fully saturated rings. The third-order valence-corrected chi connectivity index (χ3v) is 6.26. The van der Waals surface area contributed by atoms with Gasteiger partial charge in [-0.05, 0) is 43.7 Å². The van der Waals surface area contributed by atoms with Crippen LogP contribution in [0.25, 0.3) is 0 Å². The monoisotopic (exact) mass is 444 g/mol. The molecule has 3 aromatic carbocycles. The molecule has 2 unspecified atom stereocenters. The van der Waals surface area contributed by atoms with E-state index in [1.165, 1.54) is 43.3 Å². The quantitative estimate of drug-likeness (QED) is 0.421. The molecule has 156 valence electrons. The third kappa shape index (κ3) is 4.79. The number of hydrogen-bond donors (Lipinski definition) is 1. The van der Waals surface area contributed by atoms with Crippen LogP contribution in [-0.2, 0) is 14.3 Å². The fraction of sp³-hybridized carbons (Fsp3) is 0.174. The molecule has 0 saturated carbocycles. The first-order chi connectivity index (χ1) is 14.1. The summed E-state index contributed by atoms with van der Waals surface area (Å²) in [6.45, 7) is 3.07. The lowest BCUT2D eigenvalue weighted by molar-refractivity contribution is -0.0268. The highest BCUT2D eigenvalue weighted by atomic mass is 35.5. The second-order valence-electron chi connectivity index (χ2n) is 7.14. The van der Waals surface area contributed by atoms with E-state index >= 15 is 0 Å². The Morgan fingerprint density at radius 3 is 2.10 bits per heavy atom. The molecule has 30 heavy (non-hydrogen) atoms. The van der Waals surface area contributed by atoms with Crippen molar-refractivity contribution in [1.82, 2.24) is 0 Å². The maximum atomic E-state index is 13.1. The van der Waals surface area contributed by atoms with E-state index in [4.69, 9.17) is 15.8 Å². The van der Waals surface area contributed by atoms with E-state index in [-0.39, 0.29) is 10.5 Å². The Labute approximate surface area is 181 Å². The molecular weight excluding hydrogens is 424 g/mol. The highest BCUT2D eigenvalue weighted by molar-refractivity contribution is 7.86. The van der Waals surface area contributed by atoms with Crippen LogP contribution in [0.3, 0.4) is 0 Å². The van der Waals surface area contributed by atoms with Gasteiger partial charge in [0.15, 0.2) is 11.4 Å². The Bertz CT molecular complexity index is 1120. The van der Waals surface area contributed by atoms with Crippen molar-refractivity contribution >= 4 is 27.5 Å². The van der Waals surface area contributed by atoms with E-state index in [1.807, 2.05) is 6.92 Å². The Morgan fingerprint density at radius 1 is 0.967 bits per heavy atom. The first-order valence-electron chi connectivity index (χ1n) is 9.19. The van der Waals surface area contributed by atoms with E-state index in [9.17, 15) is 18.3 Å². The van der Waals surface area contributed by atoms with Crippen LogP contribution in [0.2, 0.25) is 5.02 Å². The van der Waals surface area contributed by atoms with Crippen LogP contribution in [0.4, 0.5) is 0 Å². The molecule has 0 spiro atoms. The topological polar surface area (TPSA) is 80.7 Å². The van der Waals surface area contributed by atoms with Crippen LogP contribution >= 0.6 is 11.6 Å². The molecule has 0 aliphatic heterocycles. The maximum Gasteiger partial charge on any atom is 0.297 e. The number of hydrogen-bond acceptors (Lipinski definition) is 5. The van der Waals surface area contributed by atoms with Gasteiger partial charge in [0.1, 0.15) is 6.10 Å². The van der Waals surface area contributed by atoms with Crippen LogP contribution in [0.1, 0.15) is 34.5 Å². The number of aryl methyl sites for hydroxylation is 1. The van der Waals surface area contributed by atoms with Crippen molar-refractivity contribution in [3.8, 4) is 0 Å². The van der Waals surface area contributed by atoms with E-state index in [2.05, 4.69) is 0 Å². The van der Waals surface area contributed by atoms with Gasteiger partial charge in [0.05, 0.1) is 4.90 Å². The average Bonchev–Trinajstić information content (AvgIpc) is 2.73. The molecule has 0 aromatic heterocycles. The molecule has 3 aromatic rings. The van der Waals surface area contributed by atoms with Gasteiger partial charge in [0.25, 0.3) is 10.1 Å². The molecule has 0 aliphatic rings. The lowest BCUT2D eigenvalue weighted by Gasteiger charge is -2.31. The molecule has 0 bridgehead atoms. The van der Waals surface area contributed by atoms with E-state index in [0.717, 1.165) is 5.56 Å². The number of aliphatic hydroxyl groups is 1. The fourth-order valence-corrected chi connectivity index (χ4v) is 4.26. The lowest BCUT2D eigenvalue weighted by atomic mass is 9.86. The van der Waals surface area contributed by atoms with E-state index < -0.39 is 27.6 Å². The second-order valence-corrected chi connectivity index (χ2v) is 9.15. The third-order valence-electron chi connectivity index (χ3n) is 4.71. The average molecular weight is 445 g/mol. The minimum absolute atomic E-state index is 0.0741. The van der Waals surface area contributed by atoms with Gasteiger partial charge in [0, 0.05) is 10.6 Å². The molecule has 0 radical (unpaired) electrons. The molecule has 5 nitrogen and oxygen atoms in total. The summed E-state index contributed by atoms with van der Waals surface area (Å²) in [7, 11) is -4.28. The van der Waals surface area contributed by atoms with Gasteiger partial charge in [-0.1, -0.05) is 71.8 Å². The molecular formula is C23H21ClO5S. The highest BCUT2D eigenvalue weighted by Crippen LogP contribution is 2.36. The zero-order valence-electron chi connectivity index (χ0n) is 16.4. The number of ketones is 1. The molecule has 0 heterocycles. The summed E-state index contributed by atoms with van der Waals surface area (Å²) >= 11 is 5.94. The Kier molecular flexibility index (Phi) is 6.43. The predicted molar refractivity (Wildman–Crippen MR) is 115 cm³/mol. The zero-order chi connectivity index (χ0) is 21.9. The number of benzene rings is 3. The zero-order valence-corrected chi connectivity index (χ0v) is 18.0. The largest absolute Gasteiger partial charge is 0.379 e. The summed E-state index contributed by atoms with van der Waals surface area (Å²) in [5, 5.41) is 11.6. The predicted octanol–water partition coefficient (Wildman–Crippen LogP) is 4.73. The Morgan fingerprint density at radius 2 is 1.53 bits per heavy atom. The van der Waals surface area contributed by atoms with Crippen molar-refractivity contribution in [3.63, 3.8) is 0 Å². The van der Waals surface area contributed by atoms with Gasteiger partial charge in [-0.2, -0.15) is 8.42 Å². The molecule has 0 amide bonds. The van der Waals surface area contributed by atoms with Crippen molar-refractivity contribution in [1.29, 1.82) is 0 Å². The first kappa shape index (κ1) is 22.2. The van der Waals surface area contributed by atoms with Gasteiger partial charge >= 0.3 is 0 Å². The van der Waals surface area contributed by atoms with Gasteiger partial charge in [-0.25, -0.2) is 0 Å². The summed E-state index contributed by atoms with van der Waals surface area (Å²) in [6, 6.07) is 20.4. The summed E-state index contributed by atoms with van der Waals surface area (Å²) in [5.41, 5.74) is -0.760. The molecule has 3 rings (SSSR count). The molecule has 1 N–H and O–H groups in total. The van der Waals surface area contributed by atoms with Gasteiger partial charge in [-0.3, -0.25) is 8.98 Å². The number of halogens is 1. The molecule has 0 aliphatic carbocycles. The standard InChI is InChI=1S/C23H21ClO5S/c1-16-8-14-20(15-9-16)30(27,28)29-22(18-10-12-19(24)13-11-18)23(2,26)21(25)17-6-4-3-5-7-17/h3-15,22,26H,1-2H3. The lowest BCUT2D eigenvalue weighted by Crippen LogP contribution is -2.43. The minimum Gasteiger partial charge on any atom is -0.379 e. The van der Waals surface area contributed by atoms with Crippen LogP contribution in [0, 0.1) is 6.92 Å². The van der Waals surface area contributed by atoms with Crippen LogP contribution in [-0.4, -0.2) is 24.9 Å². The van der Waals surface area contributed by atoms with Gasteiger partial charge in [-0.15, -0.1) is 0 Å². The Hall–Kier alpha value is -2.51. The van der Waals surface area contributed by atoms with E-state index in [1.54, 1.807) is 42.5 Å². The van der Waals surface area contributed by atoms with Gasteiger partial charge < -0.3 is 5.11 Å². The van der Waals surface area contributed by atoms with Crippen LogP contribution < -0.4 is 0 Å². The number of Topliss-reactive ketones (excluding diaryl/α,β-unsaturated/α-hetero) is 1. The SMILES string of the molecule is Cc1ccc(S(=O)(=O)OC(c2ccc(Cl)cc2)C(C)(O)C(=O)c2ccccc2)cc1. The normalized spacial score (nSPS) is 14.7. The molecule has 2 atom stereocenters. The number of carbonyl (C=O) groups excluding carboxylic acids is 1. The van der Waals surface area contributed by atoms with Crippen molar-refractivity contribution in [3.05, 3.63) is 101 Å². The number of carbonyl (C=O) groups is 1. The minimum atomic E-state index is -4.28. The van der Waals surface area contributed by atoms with Gasteiger partial charge in [0.2, 0.25) is 0 Å². The maximum absolute atomic E-state index is 13.1. The second kappa shape index (κ2) is 8.70. The smallest absolute Gasteiger partial charge is 0.297 e. The summed E-state index contributed by atoms with van der Waals surface area (Å²) in [5.74, 6) is -0.665.